The largest absolute Gasteiger partial charge is 0.396 e. The van der Waals surface area contributed by atoms with E-state index in [1.807, 2.05) is 42.2 Å². The molecule has 0 radical (unpaired) electrons. The maximum atomic E-state index is 14.4. The number of aliphatic hydroxyl groups is 1. The van der Waals surface area contributed by atoms with Crippen LogP contribution in [0.2, 0.25) is 0 Å². The highest BCUT2D eigenvalue weighted by Crippen LogP contribution is 2.59. The molecule has 3 aliphatic heterocycles. The second-order valence-electron chi connectivity index (χ2n) is 11.4. The summed E-state index contributed by atoms with van der Waals surface area (Å²) >= 11 is 0. The first-order chi connectivity index (χ1) is 19.4. The fraction of sp³-hybridized carbons (Fsp3) is 0.594. The van der Waals surface area contributed by atoms with Gasteiger partial charge in [0.1, 0.15) is 11.6 Å². The van der Waals surface area contributed by atoms with Crippen molar-refractivity contribution in [3.05, 3.63) is 55.6 Å². The summed E-state index contributed by atoms with van der Waals surface area (Å²) < 4.78 is 6.66. The second kappa shape index (κ2) is 13.1. The predicted molar refractivity (Wildman–Crippen MR) is 156 cm³/mol. The highest BCUT2D eigenvalue weighted by molar-refractivity contribution is 6.03. The normalized spacial score (nSPS) is 27.4. The zero-order valence-electron chi connectivity index (χ0n) is 24.0. The van der Waals surface area contributed by atoms with Crippen molar-refractivity contribution >= 4 is 23.4 Å². The molecule has 8 nitrogen and oxygen atoms in total. The van der Waals surface area contributed by atoms with Gasteiger partial charge in [0.2, 0.25) is 17.7 Å². The number of hydrogen-bond acceptors (Lipinski definition) is 5. The van der Waals surface area contributed by atoms with Gasteiger partial charge in [0.05, 0.1) is 17.9 Å². The summed E-state index contributed by atoms with van der Waals surface area (Å²) in [4.78, 5) is 48.1. The third-order valence-corrected chi connectivity index (χ3v) is 8.87. The van der Waals surface area contributed by atoms with Crippen LogP contribution in [0, 0.1) is 11.8 Å². The van der Waals surface area contributed by atoms with E-state index >= 15 is 0 Å². The Bertz CT molecular complexity index is 1080. The minimum Gasteiger partial charge on any atom is -0.396 e. The molecule has 1 N–H and O–H groups in total. The molecular weight excluding hydrogens is 506 g/mol. The summed E-state index contributed by atoms with van der Waals surface area (Å²) in [5.74, 6) is -1.84. The number of aliphatic hydroxyl groups excluding tert-OH is 1. The van der Waals surface area contributed by atoms with E-state index < -0.39 is 29.6 Å². The minimum atomic E-state index is -1.03. The summed E-state index contributed by atoms with van der Waals surface area (Å²) in [6, 6.07) is 8.61. The lowest BCUT2D eigenvalue weighted by Gasteiger charge is -2.39. The second-order valence-corrected chi connectivity index (χ2v) is 11.4. The fourth-order valence-corrected chi connectivity index (χ4v) is 7.12. The average Bonchev–Trinajstić information content (AvgIpc) is 3.60. The van der Waals surface area contributed by atoms with E-state index in [9.17, 15) is 19.5 Å². The van der Waals surface area contributed by atoms with Crippen LogP contribution in [-0.2, 0) is 19.1 Å². The zero-order valence-corrected chi connectivity index (χ0v) is 24.0. The van der Waals surface area contributed by atoms with Crippen LogP contribution in [0.3, 0.4) is 0 Å². The molecule has 2 bridgehead atoms. The molecule has 6 atom stereocenters. The maximum Gasteiger partial charge on any atom is 0.248 e. The summed E-state index contributed by atoms with van der Waals surface area (Å²) in [6.45, 7) is 13.0. The van der Waals surface area contributed by atoms with E-state index in [0.29, 0.717) is 45.3 Å². The highest BCUT2D eigenvalue weighted by Gasteiger charge is 2.74. The van der Waals surface area contributed by atoms with E-state index in [1.54, 1.807) is 22.0 Å². The van der Waals surface area contributed by atoms with Crippen LogP contribution in [0.15, 0.2) is 55.6 Å². The molecule has 4 rings (SSSR count). The molecule has 1 aromatic carbocycles. The van der Waals surface area contributed by atoms with E-state index in [-0.39, 0.29) is 30.4 Å². The van der Waals surface area contributed by atoms with Crippen LogP contribution < -0.4 is 4.90 Å². The van der Waals surface area contributed by atoms with Gasteiger partial charge in [0, 0.05) is 38.0 Å². The first-order valence-electron chi connectivity index (χ1n) is 14.8. The van der Waals surface area contributed by atoms with Crippen molar-refractivity contribution in [3.8, 4) is 0 Å². The molecule has 0 aliphatic carbocycles. The molecule has 8 heteroatoms. The van der Waals surface area contributed by atoms with Crippen LogP contribution in [0.25, 0.3) is 0 Å². The Morgan fingerprint density at radius 3 is 2.52 bits per heavy atom. The number of nitrogens with zero attached hydrogens (tertiary/aromatic N) is 3. The summed E-state index contributed by atoms with van der Waals surface area (Å²) in [6.07, 6.45) is 8.02. The van der Waals surface area contributed by atoms with Crippen LogP contribution >= 0.6 is 0 Å². The first kappa shape index (κ1) is 30.0. The van der Waals surface area contributed by atoms with Gasteiger partial charge in [-0.25, -0.2) is 0 Å². The molecule has 0 aromatic heterocycles. The number of rotatable bonds is 15. The lowest BCUT2D eigenvalue weighted by atomic mass is 9.70. The molecule has 40 heavy (non-hydrogen) atoms. The van der Waals surface area contributed by atoms with Crippen molar-refractivity contribution in [3.63, 3.8) is 0 Å². The zero-order chi connectivity index (χ0) is 28.9. The molecule has 3 amide bonds. The molecular formula is C32H45N3O5. The molecule has 218 valence electrons. The topological polar surface area (TPSA) is 90.4 Å². The standard InChI is InChI=1S/C32H45N3O5/c1-5-14-23(4)33(19-6-2)31(39)28-32-18-17-25(40-32)26(27(32)30(38)35(28)21-12-9-13-22-36)29(37)34(20-7-3)24-15-10-8-11-16-24/h6-8,10-11,15-16,23,25-28,36H,2-3,5,9,12-14,17-22H2,1,4H3/t23?,25-,26+,27-,28?,32?/m0/s1. The fourth-order valence-electron chi connectivity index (χ4n) is 7.12. The van der Waals surface area contributed by atoms with Crippen molar-refractivity contribution in [1.29, 1.82) is 0 Å². The predicted octanol–water partition coefficient (Wildman–Crippen LogP) is 3.95. The van der Waals surface area contributed by atoms with Gasteiger partial charge in [-0.3, -0.25) is 14.4 Å². The van der Waals surface area contributed by atoms with Crippen molar-refractivity contribution in [2.24, 2.45) is 11.8 Å². The number of unbranched alkanes of at least 4 members (excludes halogenated alkanes) is 2. The average molecular weight is 552 g/mol. The number of para-hydroxylation sites is 1. The van der Waals surface area contributed by atoms with E-state index in [0.717, 1.165) is 24.9 Å². The van der Waals surface area contributed by atoms with Crippen LogP contribution in [0.4, 0.5) is 5.69 Å². The van der Waals surface area contributed by atoms with Gasteiger partial charge in [-0.05, 0) is 57.6 Å². The molecule has 3 heterocycles. The number of amides is 3. The van der Waals surface area contributed by atoms with E-state index in [4.69, 9.17) is 4.74 Å². The number of likely N-dealkylation sites (tertiary alicyclic amines) is 1. The lowest BCUT2D eigenvalue weighted by Crippen LogP contribution is -2.58. The number of hydrogen-bond donors (Lipinski definition) is 1. The Kier molecular flexibility index (Phi) is 9.85. The van der Waals surface area contributed by atoms with Gasteiger partial charge in [0.15, 0.2) is 0 Å². The van der Waals surface area contributed by atoms with E-state index in [1.165, 1.54) is 0 Å². The van der Waals surface area contributed by atoms with Crippen LogP contribution in [-0.4, -0.2) is 82.7 Å². The minimum absolute atomic E-state index is 0.0190. The molecule has 3 unspecified atom stereocenters. The SMILES string of the molecule is C=CCN(C(=O)[C@@H]1[C@@H]2CCC3(O2)C(C(=O)N(CC=C)C(C)CCC)N(CCCCCO)C(=O)[C@H]13)c1ccccc1. The van der Waals surface area contributed by atoms with Gasteiger partial charge < -0.3 is 24.5 Å². The van der Waals surface area contributed by atoms with Gasteiger partial charge in [-0.2, -0.15) is 0 Å². The number of carbonyl (C=O) groups is 3. The Hall–Kier alpha value is -2.97. The lowest BCUT2D eigenvalue weighted by molar-refractivity contribution is -0.149. The Balaban J connectivity index is 1.72. The van der Waals surface area contributed by atoms with Gasteiger partial charge in [-0.1, -0.05) is 43.7 Å². The molecule has 3 aliphatic rings. The van der Waals surface area contributed by atoms with Crippen molar-refractivity contribution in [1.82, 2.24) is 9.80 Å². The van der Waals surface area contributed by atoms with Crippen molar-refractivity contribution < 1.29 is 24.2 Å². The summed E-state index contributed by atoms with van der Waals surface area (Å²) in [5, 5.41) is 9.28. The number of benzene rings is 1. The quantitative estimate of drug-likeness (QED) is 0.263. The van der Waals surface area contributed by atoms with Gasteiger partial charge >= 0.3 is 0 Å². The molecule has 0 saturated carbocycles. The number of carbonyl (C=O) groups excluding carboxylic acids is 3. The first-order valence-corrected chi connectivity index (χ1v) is 14.8. The molecule has 1 spiro atoms. The van der Waals surface area contributed by atoms with Crippen LogP contribution in [0.5, 0.6) is 0 Å². The van der Waals surface area contributed by atoms with Crippen molar-refractivity contribution in [2.75, 3.05) is 31.1 Å². The Morgan fingerprint density at radius 1 is 1.15 bits per heavy atom. The summed E-state index contributed by atoms with van der Waals surface area (Å²) in [5.41, 5.74) is -0.286. The maximum absolute atomic E-state index is 14.4. The molecule has 1 aromatic rings. The van der Waals surface area contributed by atoms with E-state index in [2.05, 4.69) is 20.1 Å². The monoisotopic (exact) mass is 551 g/mol. The highest BCUT2D eigenvalue weighted by atomic mass is 16.5. The molecule has 3 saturated heterocycles. The van der Waals surface area contributed by atoms with Gasteiger partial charge in [-0.15, -0.1) is 13.2 Å². The number of ether oxygens (including phenoxy) is 1. The Morgan fingerprint density at radius 2 is 1.88 bits per heavy atom. The van der Waals surface area contributed by atoms with Crippen LogP contribution in [0.1, 0.15) is 58.8 Å². The molecule has 3 fully saturated rings. The smallest absolute Gasteiger partial charge is 0.248 e. The van der Waals surface area contributed by atoms with Gasteiger partial charge in [0.25, 0.3) is 0 Å². The summed E-state index contributed by atoms with van der Waals surface area (Å²) in [7, 11) is 0. The number of fused-ring (bicyclic) bond motifs is 1. The Labute approximate surface area is 238 Å². The number of anilines is 1. The van der Waals surface area contributed by atoms with Crippen molar-refractivity contribution in [2.45, 2.75) is 82.6 Å². The third kappa shape index (κ3) is 5.36. The third-order valence-electron chi connectivity index (χ3n) is 8.87.